The highest BCUT2D eigenvalue weighted by Crippen LogP contribution is 2.21. The Morgan fingerprint density at radius 1 is 1.73 bits per heavy atom. The molecule has 1 rings (SSSR count). The van der Waals surface area contributed by atoms with Crippen LogP contribution in [0.5, 0.6) is 0 Å². The second-order valence-corrected chi connectivity index (χ2v) is 2.89. The van der Waals surface area contributed by atoms with Crippen molar-refractivity contribution in [1.82, 2.24) is 5.32 Å². The summed E-state index contributed by atoms with van der Waals surface area (Å²) in [5, 5.41) is 20.3. The minimum atomic E-state index is -0.611. The van der Waals surface area contributed by atoms with E-state index in [9.17, 15) is 4.79 Å². The van der Waals surface area contributed by atoms with Gasteiger partial charge < -0.3 is 15.5 Å². The Kier molecular flexibility index (Phi) is 2.46. The molecule has 0 aliphatic carbocycles. The molecule has 0 aromatic rings. The van der Waals surface area contributed by atoms with E-state index in [0.29, 0.717) is 6.42 Å². The van der Waals surface area contributed by atoms with Crippen LogP contribution in [0, 0.1) is 5.92 Å². The predicted molar refractivity (Wildman–Crippen MR) is 38.8 cm³/mol. The van der Waals surface area contributed by atoms with Crippen molar-refractivity contribution in [2.45, 2.75) is 25.5 Å². The number of nitrogens with one attached hydrogen (secondary N) is 1. The second-order valence-electron chi connectivity index (χ2n) is 2.89. The molecule has 11 heavy (non-hydrogen) atoms. The van der Waals surface area contributed by atoms with Gasteiger partial charge in [0.15, 0.2) is 0 Å². The van der Waals surface area contributed by atoms with Crippen LogP contribution < -0.4 is 5.32 Å². The lowest BCUT2D eigenvalue weighted by Crippen LogP contribution is -2.62. The molecular formula is C7H13NO3. The van der Waals surface area contributed by atoms with E-state index in [-0.39, 0.29) is 24.5 Å². The number of amides is 1. The first-order valence-electron chi connectivity index (χ1n) is 3.76. The molecule has 64 valence electrons. The van der Waals surface area contributed by atoms with Crippen LogP contribution in [0.1, 0.15) is 13.3 Å². The zero-order valence-corrected chi connectivity index (χ0v) is 6.45. The van der Waals surface area contributed by atoms with Crippen molar-refractivity contribution >= 4 is 5.91 Å². The summed E-state index contributed by atoms with van der Waals surface area (Å²) in [6.45, 7) is 1.64. The third-order valence-electron chi connectivity index (χ3n) is 2.02. The van der Waals surface area contributed by atoms with Crippen LogP contribution in [0.2, 0.25) is 0 Å². The molecule has 1 aliphatic heterocycles. The van der Waals surface area contributed by atoms with Crippen molar-refractivity contribution in [2.75, 3.05) is 6.61 Å². The van der Waals surface area contributed by atoms with Crippen molar-refractivity contribution in [3.05, 3.63) is 0 Å². The average molecular weight is 159 g/mol. The monoisotopic (exact) mass is 159 g/mol. The summed E-state index contributed by atoms with van der Waals surface area (Å²) in [4.78, 5) is 10.8. The van der Waals surface area contributed by atoms with Crippen LogP contribution >= 0.6 is 0 Å². The molecule has 4 nitrogen and oxygen atoms in total. The summed E-state index contributed by atoms with van der Waals surface area (Å²) in [5.74, 6) is -0.430. The largest absolute Gasteiger partial charge is 0.396 e. The van der Waals surface area contributed by atoms with Crippen LogP contribution in [0.3, 0.4) is 0 Å². The van der Waals surface area contributed by atoms with Gasteiger partial charge >= 0.3 is 0 Å². The molecule has 1 heterocycles. The minimum absolute atomic E-state index is 0.0347. The van der Waals surface area contributed by atoms with Gasteiger partial charge in [0, 0.05) is 12.6 Å². The molecule has 1 saturated heterocycles. The van der Waals surface area contributed by atoms with E-state index in [2.05, 4.69) is 5.32 Å². The molecule has 0 saturated carbocycles. The summed E-state index contributed by atoms with van der Waals surface area (Å²) in [6, 6.07) is -0.0347. The predicted octanol–water partition coefficient (Wildman–Crippen LogP) is -1.14. The maximum atomic E-state index is 10.8. The van der Waals surface area contributed by atoms with Crippen molar-refractivity contribution in [2.24, 2.45) is 5.92 Å². The number of β-lactam (4-membered cyclic amide) rings is 1. The molecule has 3 N–H and O–H groups in total. The van der Waals surface area contributed by atoms with Crippen LogP contribution in [0.25, 0.3) is 0 Å². The fraction of sp³-hybridized carbons (Fsp3) is 0.857. The molecule has 0 bridgehead atoms. The van der Waals surface area contributed by atoms with Crippen LogP contribution in [0.4, 0.5) is 0 Å². The third kappa shape index (κ3) is 1.52. The van der Waals surface area contributed by atoms with E-state index >= 15 is 0 Å². The fourth-order valence-corrected chi connectivity index (χ4v) is 1.40. The molecule has 1 amide bonds. The topological polar surface area (TPSA) is 69.6 Å². The van der Waals surface area contributed by atoms with Gasteiger partial charge in [0.25, 0.3) is 0 Å². The van der Waals surface area contributed by atoms with Gasteiger partial charge in [0.05, 0.1) is 12.0 Å². The quantitative estimate of drug-likeness (QED) is 0.456. The first-order valence-corrected chi connectivity index (χ1v) is 3.76. The van der Waals surface area contributed by atoms with Gasteiger partial charge in [-0.05, 0) is 13.3 Å². The number of hydrogen-bond acceptors (Lipinski definition) is 3. The molecule has 1 fully saturated rings. The van der Waals surface area contributed by atoms with Crippen molar-refractivity contribution in [1.29, 1.82) is 0 Å². The maximum absolute atomic E-state index is 10.8. The lowest BCUT2D eigenvalue weighted by molar-refractivity contribution is -0.140. The van der Waals surface area contributed by atoms with E-state index in [1.54, 1.807) is 6.92 Å². The van der Waals surface area contributed by atoms with Gasteiger partial charge in [0.2, 0.25) is 5.91 Å². The first-order chi connectivity index (χ1) is 5.16. The Morgan fingerprint density at radius 3 is 2.73 bits per heavy atom. The number of rotatable bonds is 3. The summed E-state index contributed by atoms with van der Waals surface area (Å²) < 4.78 is 0. The van der Waals surface area contributed by atoms with Gasteiger partial charge in [-0.15, -0.1) is 0 Å². The van der Waals surface area contributed by atoms with Crippen LogP contribution in [-0.4, -0.2) is 34.9 Å². The van der Waals surface area contributed by atoms with E-state index in [1.807, 2.05) is 0 Å². The fourth-order valence-electron chi connectivity index (χ4n) is 1.40. The van der Waals surface area contributed by atoms with Crippen molar-refractivity contribution in [3.8, 4) is 0 Å². The molecule has 0 aromatic carbocycles. The minimum Gasteiger partial charge on any atom is -0.396 e. The highest BCUT2D eigenvalue weighted by Gasteiger charge is 2.41. The Labute approximate surface area is 65.2 Å². The molecule has 1 aliphatic rings. The summed E-state index contributed by atoms with van der Waals surface area (Å²) in [5.41, 5.74) is 0. The lowest BCUT2D eigenvalue weighted by atomic mass is 9.84. The second kappa shape index (κ2) is 3.19. The van der Waals surface area contributed by atoms with Gasteiger partial charge in [-0.25, -0.2) is 0 Å². The van der Waals surface area contributed by atoms with Gasteiger partial charge in [0.1, 0.15) is 0 Å². The number of aliphatic hydroxyl groups excluding tert-OH is 2. The number of aliphatic hydroxyl groups is 2. The van der Waals surface area contributed by atoms with Crippen molar-refractivity contribution < 1.29 is 15.0 Å². The standard InChI is InChI=1S/C7H13NO3/c1-4(10)6-5(2-3-9)8-7(6)11/h4-6,9-10H,2-3H2,1H3,(H,8,11)/t4?,5-,6+/m1/s1. The SMILES string of the molecule is CC(O)[C@@H]1C(=O)N[C@@H]1CCO. The van der Waals surface area contributed by atoms with E-state index in [1.165, 1.54) is 0 Å². The first kappa shape index (κ1) is 8.49. The number of carbonyl (C=O) groups is 1. The summed E-state index contributed by atoms with van der Waals surface area (Å²) in [6.07, 6.45) is -0.0818. The lowest BCUT2D eigenvalue weighted by Gasteiger charge is -2.38. The molecular weight excluding hydrogens is 146 g/mol. The molecule has 3 atom stereocenters. The van der Waals surface area contributed by atoms with E-state index in [0.717, 1.165) is 0 Å². The molecule has 0 radical (unpaired) electrons. The molecule has 0 spiro atoms. The third-order valence-corrected chi connectivity index (χ3v) is 2.02. The Hall–Kier alpha value is -0.610. The van der Waals surface area contributed by atoms with Gasteiger partial charge in [-0.2, -0.15) is 0 Å². The number of hydrogen-bond donors (Lipinski definition) is 3. The number of carbonyl (C=O) groups excluding carboxylic acids is 1. The zero-order chi connectivity index (χ0) is 8.43. The highest BCUT2D eigenvalue weighted by atomic mass is 16.3. The van der Waals surface area contributed by atoms with Gasteiger partial charge in [-0.1, -0.05) is 0 Å². The highest BCUT2D eigenvalue weighted by molar-refractivity contribution is 5.86. The van der Waals surface area contributed by atoms with Gasteiger partial charge in [-0.3, -0.25) is 4.79 Å². The summed E-state index contributed by atoms with van der Waals surface area (Å²) in [7, 11) is 0. The molecule has 4 heteroatoms. The Balaban J connectivity index is 2.41. The average Bonchev–Trinajstić information content (AvgIpc) is 1.85. The van der Waals surface area contributed by atoms with Crippen LogP contribution in [0.15, 0.2) is 0 Å². The molecule has 0 aromatic heterocycles. The zero-order valence-electron chi connectivity index (χ0n) is 6.45. The smallest absolute Gasteiger partial charge is 0.228 e. The van der Waals surface area contributed by atoms with E-state index in [4.69, 9.17) is 10.2 Å². The maximum Gasteiger partial charge on any atom is 0.228 e. The Bertz CT molecular complexity index is 158. The Morgan fingerprint density at radius 2 is 2.36 bits per heavy atom. The van der Waals surface area contributed by atoms with Crippen molar-refractivity contribution in [3.63, 3.8) is 0 Å². The normalized spacial score (nSPS) is 32.5. The van der Waals surface area contributed by atoms with Crippen LogP contribution in [-0.2, 0) is 4.79 Å². The van der Waals surface area contributed by atoms with E-state index < -0.39 is 6.10 Å². The summed E-state index contributed by atoms with van der Waals surface area (Å²) >= 11 is 0. The molecule has 1 unspecified atom stereocenters.